The number of nitrogens with zero attached hydrogens (tertiary/aromatic N) is 4. The van der Waals surface area contributed by atoms with Crippen LogP contribution >= 0.6 is 23.4 Å². The summed E-state index contributed by atoms with van der Waals surface area (Å²) in [6.07, 6.45) is 4.37. The number of hydrogen-bond acceptors (Lipinski definition) is 5. The number of aryl methyl sites for hydroxylation is 2. The minimum absolute atomic E-state index is 0.433. The fourth-order valence-corrected chi connectivity index (χ4v) is 3.02. The topological polar surface area (TPSA) is 56.7 Å². The number of aromatic nitrogens is 4. The lowest BCUT2D eigenvalue weighted by Gasteiger charge is -1.96. The summed E-state index contributed by atoms with van der Waals surface area (Å²) in [6.45, 7) is 4.20. The molecule has 2 heterocycles. The van der Waals surface area contributed by atoms with Gasteiger partial charge in [-0.3, -0.25) is 4.68 Å². The van der Waals surface area contributed by atoms with Crippen LogP contribution in [0, 0.1) is 0 Å². The average Bonchev–Trinajstić information content (AvgIpc) is 2.99. The molecule has 0 atom stereocenters. The summed E-state index contributed by atoms with van der Waals surface area (Å²) in [4.78, 5) is 0. The lowest BCUT2D eigenvalue weighted by atomic mass is 10.3. The van der Waals surface area contributed by atoms with Crippen molar-refractivity contribution in [1.29, 1.82) is 0 Å². The predicted molar refractivity (Wildman–Crippen MR) is 81.1 cm³/mol. The van der Waals surface area contributed by atoms with E-state index in [1.54, 1.807) is 16.4 Å². The first-order valence-electron chi connectivity index (χ1n) is 6.85. The molecule has 2 rings (SSSR count). The Morgan fingerprint density at radius 3 is 2.70 bits per heavy atom. The van der Waals surface area contributed by atoms with E-state index in [0.717, 1.165) is 24.3 Å². The van der Waals surface area contributed by atoms with Crippen molar-refractivity contribution in [2.45, 2.75) is 44.8 Å². The molecular weight excluding hydrogens is 296 g/mol. The van der Waals surface area contributed by atoms with Crippen LogP contribution in [-0.2, 0) is 13.5 Å². The molecule has 7 heteroatoms. The third kappa shape index (κ3) is 3.35. The summed E-state index contributed by atoms with van der Waals surface area (Å²) in [7, 11) is 1.83. The van der Waals surface area contributed by atoms with Crippen molar-refractivity contribution in [3.8, 4) is 11.6 Å². The van der Waals surface area contributed by atoms with Gasteiger partial charge in [0.1, 0.15) is 5.69 Å². The van der Waals surface area contributed by atoms with Gasteiger partial charge >= 0.3 is 0 Å². The van der Waals surface area contributed by atoms with Gasteiger partial charge in [-0.15, -0.1) is 10.2 Å². The van der Waals surface area contributed by atoms with Gasteiger partial charge in [0, 0.05) is 12.8 Å². The Kier molecular flexibility index (Phi) is 5.48. The molecule has 0 saturated carbocycles. The standard InChI is InChI=1S/C13H19ClN4OS/c1-4-6-7-8-20-13-16-15-12(19-13)11-10(14)9(5-2)17-18(11)3/h4-8H2,1-3H3. The smallest absolute Gasteiger partial charge is 0.276 e. The second kappa shape index (κ2) is 7.13. The third-order valence-electron chi connectivity index (χ3n) is 2.97. The van der Waals surface area contributed by atoms with Gasteiger partial charge in [-0.1, -0.05) is 50.1 Å². The highest BCUT2D eigenvalue weighted by molar-refractivity contribution is 7.99. The van der Waals surface area contributed by atoms with Gasteiger partial charge in [-0.05, 0) is 12.8 Å². The summed E-state index contributed by atoms with van der Waals surface area (Å²) >= 11 is 7.89. The molecule has 0 aliphatic rings. The number of rotatable bonds is 7. The van der Waals surface area contributed by atoms with E-state index in [-0.39, 0.29) is 0 Å². The van der Waals surface area contributed by atoms with Crippen molar-refractivity contribution in [2.75, 3.05) is 5.75 Å². The maximum absolute atomic E-state index is 6.30. The van der Waals surface area contributed by atoms with E-state index < -0.39 is 0 Å². The van der Waals surface area contributed by atoms with Crippen LogP contribution < -0.4 is 0 Å². The van der Waals surface area contributed by atoms with Crippen molar-refractivity contribution in [1.82, 2.24) is 20.0 Å². The Balaban J connectivity index is 2.10. The second-order valence-electron chi connectivity index (χ2n) is 4.52. The van der Waals surface area contributed by atoms with E-state index in [9.17, 15) is 0 Å². The molecule has 0 spiro atoms. The summed E-state index contributed by atoms with van der Waals surface area (Å²) in [6, 6.07) is 0. The second-order valence-corrected chi connectivity index (χ2v) is 5.94. The van der Waals surface area contributed by atoms with E-state index in [4.69, 9.17) is 16.0 Å². The minimum Gasteiger partial charge on any atom is -0.410 e. The quantitative estimate of drug-likeness (QED) is 0.571. The summed E-state index contributed by atoms with van der Waals surface area (Å²) in [5, 5.41) is 13.7. The van der Waals surface area contributed by atoms with Gasteiger partial charge in [0.05, 0.1) is 10.7 Å². The molecule has 0 saturated heterocycles. The van der Waals surface area contributed by atoms with Gasteiger partial charge in [-0.2, -0.15) is 5.10 Å². The molecule has 110 valence electrons. The fourth-order valence-electron chi connectivity index (χ4n) is 1.89. The molecule has 0 radical (unpaired) electrons. The molecule has 2 aromatic heterocycles. The molecule has 0 fully saturated rings. The normalized spacial score (nSPS) is 11.2. The molecule has 0 N–H and O–H groups in total. The molecular formula is C13H19ClN4OS. The van der Waals surface area contributed by atoms with Crippen molar-refractivity contribution in [2.24, 2.45) is 7.05 Å². The highest BCUT2D eigenvalue weighted by atomic mass is 35.5. The molecule has 20 heavy (non-hydrogen) atoms. The van der Waals surface area contributed by atoms with E-state index in [1.165, 1.54) is 12.8 Å². The molecule has 0 bridgehead atoms. The van der Waals surface area contributed by atoms with Crippen LogP contribution in [0.5, 0.6) is 0 Å². The van der Waals surface area contributed by atoms with E-state index in [1.807, 2.05) is 14.0 Å². The van der Waals surface area contributed by atoms with Crippen LogP contribution in [-0.4, -0.2) is 25.7 Å². The zero-order valence-corrected chi connectivity index (χ0v) is 13.6. The lowest BCUT2D eigenvalue weighted by Crippen LogP contribution is -1.94. The van der Waals surface area contributed by atoms with Crippen molar-refractivity contribution >= 4 is 23.4 Å². The summed E-state index contributed by atoms with van der Waals surface area (Å²) < 4.78 is 7.36. The van der Waals surface area contributed by atoms with Crippen LogP contribution in [0.1, 0.15) is 38.8 Å². The molecule has 5 nitrogen and oxygen atoms in total. The number of thioether (sulfide) groups is 1. The summed E-state index contributed by atoms with van der Waals surface area (Å²) in [5.41, 5.74) is 1.54. The minimum atomic E-state index is 0.433. The Hall–Kier alpha value is -1.01. The van der Waals surface area contributed by atoms with Crippen LogP contribution in [0.2, 0.25) is 5.02 Å². The lowest BCUT2D eigenvalue weighted by molar-refractivity contribution is 0.461. The maximum atomic E-state index is 6.30. The van der Waals surface area contributed by atoms with Gasteiger partial charge in [0.25, 0.3) is 11.1 Å². The average molecular weight is 315 g/mol. The molecule has 0 aliphatic heterocycles. The fraction of sp³-hybridized carbons (Fsp3) is 0.615. The Morgan fingerprint density at radius 2 is 2.05 bits per heavy atom. The first-order valence-corrected chi connectivity index (χ1v) is 8.21. The monoisotopic (exact) mass is 314 g/mol. The Labute approximate surface area is 128 Å². The number of hydrogen-bond donors (Lipinski definition) is 0. The van der Waals surface area contributed by atoms with Crippen molar-refractivity contribution in [3.63, 3.8) is 0 Å². The first kappa shape index (κ1) is 15.4. The third-order valence-corrected chi connectivity index (χ3v) is 4.27. The van der Waals surface area contributed by atoms with Gasteiger partial charge < -0.3 is 4.42 Å². The van der Waals surface area contributed by atoms with Gasteiger partial charge in [0.15, 0.2) is 0 Å². The number of halogens is 1. The highest BCUT2D eigenvalue weighted by Crippen LogP contribution is 2.31. The maximum Gasteiger partial charge on any atom is 0.276 e. The molecule has 0 unspecified atom stereocenters. The van der Waals surface area contributed by atoms with Crippen LogP contribution in [0.3, 0.4) is 0 Å². The van der Waals surface area contributed by atoms with Crippen molar-refractivity contribution < 1.29 is 4.42 Å². The summed E-state index contributed by atoms with van der Waals surface area (Å²) in [5.74, 6) is 1.43. The van der Waals surface area contributed by atoms with Crippen LogP contribution in [0.15, 0.2) is 9.64 Å². The molecule has 0 amide bonds. The van der Waals surface area contributed by atoms with Gasteiger partial charge in [0.2, 0.25) is 0 Å². The van der Waals surface area contributed by atoms with Crippen LogP contribution in [0.4, 0.5) is 0 Å². The zero-order chi connectivity index (χ0) is 14.5. The molecule has 2 aromatic rings. The Bertz CT molecular complexity index is 567. The first-order chi connectivity index (χ1) is 9.67. The highest BCUT2D eigenvalue weighted by Gasteiger charge is 2.20. The van der Waals surface area contributed by atoms with Crippen molar-refractivity contribution in [3.05, 3.63) is 10.7 Å². The van der Waals surface area contributed by atoms with Gasteiger partial charge in [-0.25, -0.2) is 0 Å². The predicted octanol–water partition coefficient (Wildman–Crippen LogP) is 3.97. The largest absolute Gasteiger partial charge is 0.410 e. The molecule has 0 aliphatic carbocycles. The molecule has 0 aromatic carbocycles. The van der Waals surface area contributed by atoms with E-state index >= 15 is 0 Å². The zero-order valence-electron chi connectivity index (χ0n) is 12.0. The number of unbranched alkanes of at least 4 members (excludes halogenated alkanes) is 2. The Morgan fingerprint density at radius 1 is 1.25 bits per heavy atom. The van der Waals surface area contributed by atoms with E-state index in [0.29, 0.717) is 21.8 Å². The van der Waals surface area contributed by atoms with E-state index in [2.05, 4.69) is 22.2 Å². The SMILES string of the molecule is CCCCCSc1nnc(-c2c(Cl)c(CC)nn2C)o1. The van der Waals surface area contributed by atoms with Crippen LogP contribution in [0.25, 0.3) is 11.6 Å².